The molecule has 0 atom stereocenters. The Bertz CT molecular complexity index is 1100. The van der Waals surface area contributed by atoms with E-state index in [1.165, 1.54) is 23.5 Å². The molecule has 0 bridgehead atoms. The predicted molar refractivity (Wildman–Crippen MR) is 112 cm³/mol. The van der Waals surface area contributed by atoms with E-state index in [4.69, 9.17) is 0 Å². The molecule has 1 aromatic heterocycles. The number of carbonyl (C=O) groups excluding carboxylic acids is 1. The molecule has 138 valence electrons. The van der Waals surface area contributed by atoms with Crippen LogP contribution < -0.4 is 5.32 Å². The SMILES string of the molecule is Cc1ccc(C(=O)Nc2nc(-c3ccc(F)cc3)c(-c3ccccc3)s2)cc1. The standard InChI is InChI=1S/C23H17FN2OS/c1-15-7-9-18(10-8-15)22(27)26-23-25-20(16-11-13-19(24)14-12-16)21(28-23)17-5-3-2-4-6-17/h2-14H,1H3,(H,25,26,27). The molecular formula is C23H17FN2OS. The van der Waals surface area contributed by atoms with Crippen LogP contribution in [-0.4, -0.2) is 10.9 Å². The summed E-state index contributed by atoms with van der Waals surface area (Å²) in [5.41, 5.74) is 4.18. The summed E-state index contributed by atoms with van der Waals surface area (Å²) in [6.07, 6.45) is 0. The Hall–Kier alpha value is -3.31. The van der Waals surface area contributed by atoms with Crippen molar-refractivity contribution < 1.29 is 9.18 Å². The summed E-state index contributed by atoms with van der Waals surface area (Å²) in [7, 11) is 0. The third-order valence-electron chi connectivity index (χ3n) is 4.32. The monoisotopic (exact) mass is 388 g/mol. The number of halogens is 1. The van der Waals surface area contributed by atoms with E-state index >= 15 is 0 Å². The highest BCUT2D eigenvalue weighted by Crippen LogP contribution is 2.39. The van der Waals surface area contributed by atoms with Crippen LogP contribution in [0.1, 0.15) is 15.9 Å². The van der Waals surface area contributed by atoms with Crippen molar-refractivity contribution >= 4 is 22.4 Å². The Morgan fingerprint density at radius 2 is 1.57 bits per heavy atom. The molecule has 28 heavy (non-hydrogen) atoms. The first-order valence-electron chi connectivity index (χ1n) is 8.80. The molecule has 0 aliphatic heterocycles. The number of hydrogen-bond donors (Lipinski definition) is 1. The highest BCUT2D eigenvalue weighted by molar-refractivity contribution is 7.19. The normalized spacial score (nSPS) is 10.6. The maximum absolute atomic E-state index is 13.3. The lowest BCUT2D eigenvalue weighted by Crippen LogP contribution is -2.11. The summed E-state index contributed by atoms with van der Waals surface area (Å²) in [5.74, 6) is -0.507. The Labute approximate surface area is 166 Å². The molecule has 4 aromatic rings. The summed E-state index contributed by atoms with van der Waals surface area (Å²) in [4.78, 5) is 18.1. The molecule has 0 unspecified atom stereocenters. The molecule has 0 aliphatic rings. The number of nitrogens with one attached hydrogen (secondary N) is 1. The molecular weight excluding hydrogens is 371 g/mol. The second kappa shape index (κ2) is 7.74. The molecule has 1 heterocycles. The fourth-order valence-corrected chi connectivity index (χ4v) is 3.82. The third-order valence-corrected chi connectivity index (χ3v) is 5.33. The smallest absolute Gasteiger partial charge is 0.257 e. The van der Waals surface area contributed by atoms with Crippen LogP contribution in [-0.2, 0) is 0 Å². The van der Waals surface area contributed by atoms with Crippen molar-refractivity contribution in [3.05, 3.63) is 95.8 Å². The van der Waals surface area contributed by atoms with Crippen LogP contribution in [0.15, 0.2) is 78.9 Å². The Balaban J connectivity index is 1.71. The summed E-state index contributed by atoms with van der Waals surface area (Å²) in [6.45, 7) is 1.98. The van der Waals surface area contributed by atoms with Gasteiger partial charge < -0.3 is 0 Å². The van der Waals surface area contributed by atoms with Gasteiger partial charge in [0.1, 0.15) is 5.82 Å². The second-order valence-corrected chi connectivity index (χ2v) is 7.39. The summed E-state index contributed by atoms with van der Waals surface area (Å²) >= 11 is 1.40. The quantitative estimate of drug-likeness (QED) is 0.454. The second-order valence-electron chi connectivity index (χ2n) is 6.39. The average molecular weight is 388 g/mol. The first kappa shape index (κ1) is 18.1. The molecule has 0 radical (unpaired) electrons. The number of nitrogens with zero attached hydrogens (tertiary/aromatic N) is 1. The minimum atomic E-state index is -0.298. The zero-order chi connectivity index (χ0) is 19.5. The van der Waals surface area contributed by atoms with Gasteiger partial charge in [-0.2, -0.15) is 0 Å². The van der Waals surface area contributed by atoms with Crippen LogP contribution in [0.25, 0.3) is 21.7 Å². The van der Waals surface area contributed by atoms with Gasteiger partial charge in [-0.05, 0) is 48.9 Å². The van der Waals surface area contributed by atoms with Gasteiger partial charge in [-0.15, -0.1) is 0 Å². The zero-order valence-corrected chi connectivity index (χ0v) is 16.0. The molecule has 5 heteroatoms. The van der Waals surface area contributed by atoms with E-state index in [0.29, 0.717) is 10.7 Å². The minimum absolute atomic E-state index is 0.209. The lowest BCUT2D eigenvalue weighted by molar-refractivity contribution is 0.102. The van der Waals surface area contributed by atoms with E-state index < -0.39 is 0 Å². The van der Waals surface area contributed by atoms with Gasteiger partial charge in [0, 0.05) is 11.1 Å². The van der Waals surface area contributed by atoms with Crippen LogP contribution >= 0.6 is 11.3 Å². The highest BCUT2D eigenvalue weighted by atomic mass is 32.1. The van der Waals surface area contributed by atoms with Gasteiger partial charge in [0.25, 0.3) is 5.91 Å². The van der Waals surface area contributed by atoms with Gasteiger partial charge in [0.2, 0.25) is 0 Å². The van der Waals surface area contributed by atoms with Crippen molar-refractivity contribution in [2.24, 2.45) is 0 Å². The van der Waals surface area contributed by atoms with Crippen molar-refractivity contribution in [2.75, 3.05) is 5.32 Å². The molecule has 3 aromatic carbocycles. The van der Waals surface area contributed by atoms with Gasteiger partial charge in [-0.1, -0.05) is 59.4 Å². The van der Waals surface area contributed by atoms with Crippen molar-refractivity contribution in [2.45, 2.75) is 6.92 Å². The number of aromatic nitrogens is 1. The molecule has 0 fully saturated rings. The number of carbonyl (C=O) groups is 1. The van der Waals surface area contributed by atoms with E-state index in [0.717, 1.165) is 27.3 Å². The van der Waals surface area contributed by atoms with E-state index in [2.05, 4.69) is 10.3 Å². The molecule has 0 saturated heterocycles. The van der Waals surface area contributed by atoms with Crippen LogP contribution in [0.4, 0.5) is 9.52 Å². The zero-order valence-electron chi connectivity index (χ0n) is 15.1. The molecule has 0 saturated carbocycles. The largest absolute Gasteiger partial charge is 0.298 e. The first-order chi connectivity index (χ1) is 13.6. The first-order valence-corrected chi connectivity index (χ1v) is 9.62. The highest BCUT2D eigenvalue weighted by Gasteiger charge is 2.17. The van der Waals surface area contributed by atoms with Crippen molar-refractivity contribution in [3.8, 4) is 21.7 Å². The Kier molecular flexibility index (Phi) is 5.00. The van der Waals surface area contributed by atoms with Crippen molar-refractivity contribution in [3.63, 3.8) is 0 Å². The lowest BCUT2D eigenvalue weighted by atomic mass is 10.1. The summed E-state index contributed by atoms with van der Waals surface area (Å²) in [5, 5.41) is 3.39. The fourth-order valence-electron chi connectivity index (χ4n) is 2.84. The molecule has 4 rings (SSSR count). The molecule has 1 N–H and O–H groups in total. The number of amides is 1. The van der Waals surface area contributed by atoms with E-state index in [1.807, 2.05) is 49.4 Å². The van der Waals surface area contributed by atoms with Crippen LogP contribution in [0, 0.1) is 12.7 Å². The van der Waals surface area contributed by atoms with Crippen molar-refractivity contribution in [1.82, 2.24) is 4.98 Å². The number of aryl methyl sites for hydroxylation is 1. The summed E-state index contributed by atoms with van der Waals surface area (Å²) < 4.78 is 13.3. The Morgan fingerprint density at radius 1 is 0.893 bits per heavy atom. The lowest BCUT2D eigenvalue weighted by Gasteiger charge is -2.02. The topological polar surface area (TPSA) is 42.0 Å². The third kappa shape index (κ3) is 3.85. The minimum Gasteiger partial charge on any atom is -0.298 e. The van der Waals surface area contributed by atoms with Crippen LogP contribution in [0.5, 0.6) is 0 Å². The maximum Gasteiger partial charge on any atom is 0.257 e. The summed E-state index contributed by atoms with van der Waals surface area (Å²) in [6, 6.07) is 23.4. The van der Waals surface area contributed by atoms with E-state index in [9.17, 15) is 9.18 Å². The van der Waals surface area contributed by atoms with Gasteiger partial charge in [-0.25, -0.2) is 9.37 Å². The van der Waals surface area contributed by atoms with Gasteiger partial charge >= 0.3 is 0 Å². The average Bonchev–Trinajstić information content (AvgIpc) is 3.13. The fraction of sp³-hybridized carbons (Fsp3) is 0.0435. The number of thiazole rings is 1. The molecule has 0 spiro atoms. The van der Waals surface area contributed by atoms with Gasteiger partial charge in [0.05, 0.1) is 10.6 Å². The predicted octanol–water partition coefficient (Wildman–Crippen LogP) is 6.18. The van der Waals surface area contributed by atoms with Crippen molar-refractivity contribution in [1.29, 1.82) is 0 Å². The number of benzene rings is 3. The van der Waals surface area contributed by atoms with Crippen LogP contribution in [0.3, 0.4) is 0 Å². The Morgan fingerprint density at radius 3 is 2.25 bits per heavy atom. The molecule has 1 amide bonds. The molecule has 3 nitrogen and oxygen atoms in total. The number of hydrogen-bond acceptors (Lipinski definition) is 3. The van der Waals surface area contributed by atoms with E-state index in [1.54, 1.807) is 24.3 Å². The van der Waals surface area contributed by atoms with Crippen LogP contribution in [0.2, 0.25) is 0 Å². The van der Waals surface area contributed by atoms with Gasteiger partial charge in [0.15, 0.2) is 5.13 Å². The molecule has 0 aliphatic carbocycles. The number of rotatable bonds is 4. The van der Waals surface area contributed by atoms with Gasteiger partial charge in [-0.3, -0.25) is 10.1 Å². The maximum atomic E-state index is 13.3. The number of anilines is 1. The van der Waals surface area contributed by atoms with E-state index in [-0.39, 0.29) is 11.7 Å².